The molecule has 1 aromatic carbocycles. The summed E-state index contributed by atoms with van der Waals surface area (Å²) in [6, 6.07) is 8.39. The number of carbonyl (C=O) groups excluding carboxylic acids is 1. The second-order valence-electron chi connectivity index (χ2n) is 9.28. The largest absolute Gasteiger partial charge is 0.462 e. The van der Waals surface area contributed by atoms with E-state index in [-0.39, 0.29) is 29.4 Å². The van der Waals surface area contributed by atoms with Crippen LogP contribution in [0.1, 0.15) is 53.7 Å². The average molecular weight is 473 g/mol. The Labute approximate surface area is 195 Å². The molecule has 34 heavy (non-hydrogen) atoms. The minimum absolute atomic E-state index is 0.0595. The van der Waals surface area contributed by atoms with E-state index in [1.54, 1.807) is 24.3 Å². The van der Waals surface area contributed by atoms with Crippen LogP contribution in [0.3, 0.4) is 0 Å². The Morgan fingerprint density at radius 3 is 2.65 bits per heavy atom. The van der Waals surface area contributed by atoms with Crippen molar-refractivity contribution in [3.63, 3.8) is 0 Å². The van der Waals surface area contributed by atoms with Gasteiger partial charge in [-0.15, -0.1) is 0 Å². The molecule has 2 atom stereocenters. The third-order valence-corrected chi connectivity index (χ3v) is 6.99. The zero-order chi connectivity index (χ0) is 23.9. The van der Waals surface area contributed by atoms with Gasteiger partial charge in [-0.3, -0.25) is 4.90 Å². The molecule has 2 saturated heterocycles. The Balaban J connectivity index is 1.44. The van der Waals surface area contributed by atoms with Gasteiger partial charge in [0.15, 0.2) is 11.3 Å². The molecular weight excluding hydrogens is 445 g/mol. The zero-order valence-corrected chi connectivity index (χ0v) is 19.0. The second kappa shape index (κ2) is 9.02. The summed E-state index contributed by atoms with van der Waals surface area (Å²) in [6.45, 7) is 4.30. The van der Waals surface area contributed by atoms with Crippen LogP contribution in [0, 0.1) is 12.8 Å². The highest BCUT2D eigenvalue weighted by Crippen LogP contribution is 2.34. The van der Waals surface area contributed by atoms with Crippen LogP contribution < -0.4 is 0 Å². The topological polar surface area (TPSA) is 59.7 Å². The first-order valence-corrected chi connectivity index (χ1v) is 11.8. The predicted octanol–water partition coefficient (Wildman–Crippen LogP) is 5.14. The quantitative estimate of drug-likeness (QED) is 0.492. The van der Waals surface area contributed by atoms with E-state index in [4.69, 9.17) is 4.74 Å². The average Bonchev–Trinajstić information content (AvgIpc) is 3.26. The van der Waals surface area contributed by atoms with E-state index in [0.717, 1.165) is 50.2 Å². The Morgan fingerprint density at radius 1 is 1.12 bits per heavy atom. The summed E-state index contributed by atoms with van der Waals surface area (Å²) in [5.74, 6) is -0.453. The lowest BCUT2D eigenvalue weighted by Crippen LogP contribution is -2.49. The highest BCUT2D eigenvalue weighted by atomic mass is 19.4. The standard InChI is InChI=1S/C25H27F3N4O2/c1-16-7-9-17(10-8-16)20-13-22(25(26,27)28)32-23(30-20)19(14-29-32)24(33)34-15-18-5-4-12-31-11-3-2-6-21(18)31/h7-10,13-14,18,21H,2-6,11-12,15H2,1H3/t18-,21-/m1/s1. The first-order valence-electron chi connectivity index (χ1n) is 11.8. The zero-order valence-electron chi connectivity index (χ0n) is 19.0. The van der Waals surface area contributed by atoms with Crippen molar-refractivity contribution >= 4 is 11.6 Å². The third-order valence-electron chi connectivity index (χ3n) is 6.99. The van der Waals surface area contributed by atoms with Crippen LogP contribution in [-0.4, -0.2) is 51.2 Å². The molecular formula is C25H27F3N4O2. The normalized spacial score (nSPS) is 21.4. The molecule has 0 saturated carbocycles. The molecule has 4 heterocycles. The lowest BCUT2D eigenvalue weighted by molar-refractivity contribution is -0.142. The van der Waals surface area contributed by atoms with Gasteiger partial charge in [0, 0.05) is 17.5 Å². The van der Waals surface area contributed by atoms with Crippen LogP contribution in [0.15, 0.2) is 36.5 Å². The molecule has 0 N–H and O–H groups in total. The van der Waals surface area contributed by atoms with Crippen LogP contribution in [0.4, 0.5) is 13.2 Å². The summed E-state index contributed by atoms with van der Waals surface area (Å²) in [4.78, 5) is 19.8. The summed E-state index contributed by atoms with van der Waals surface area (Å²) in [5.41, 5.74) is 0.429. The van der Waals surface area contributed by atoms with Gasteiger partial charge >= 0.3 is 12.1 Å². The molecule has 0 spiro atoms. The maximum atomic E-state index is 13.8. The lowest BCUT2D eigenvalue weighted by Gasteiger charge is -2.44. The van der Waals surface area contributed by atoms with Crippen molar-refractivity contribution in [3.8, 4) is 11.3 Å². The fourth-order valence-electron chi connectivity index (χ4n) is 5.21. The molecule has 0 bridgehead atoms. The lowest BCUT2D eigenvalue weighted by atomic mass is 9.84. The molecule has 9 heteroatoms. The number of nitrogens with zero attached hydrogens (tertiary/aromatic N) is 4. The first-order chi connectivity index (χ1) is 16.3. The number of esters is 1. The number of hydrogen-bond donors (Lipinski definition) is 0. The Kier molecular flexibility index (Phi) is 6.06. The molecule has 0 aliphatic carbocycles. The SMILES string of the molecule is Cc1ccc(-c2cc(C(F)(F)F)n3ncc(C(=O)OC[C@H]4CCCN5CCCC[C@H]45)c3n2)cc1. The van der Waals surface area contributed by atoms with E-state index in [1.165, 1.54) is 12.8 Å². The van der Waals surface area contributed by atoms with E-state index in [0.29, 0.717) is 16.1 Å². The molecule has 0 unspecified atom stereocenters. The monoisotopic (exact) mass is 472 g/mol. The van der Waals surface area contributed by atoms with E-state index >= 15 is 0 Å². The van der Waals surface area contributed by atoms with Crippen molar-refractivity contribution in [2.75, 3.05) is 19.7 Å². The van der Waals surface area contributed by atoms with E-state index < -0.39 is 17.8 Å². The van der Waals surface area contributed by atoms with E-state index in [2.05, 4.69) is 15.0 Å². The van der Waals surface area contributed by atoms with E-state index in [1.807, 2.05) is 6.92 Å². The fourth-order valence-corrected chi connectivity index (χ4v) is 5.21. The maximum Gasteiger partial charge on any atom is 0.433 e. The number of alkyl halides is 3. The van der Waals surface area contributed by atoms with Gasteiger partial charge in [0.25, 0.3) is 0 Å². The molecule has 3 aromatic rings. The Bertz CT molecular complexity index is 1190. The molecule has 5 rings (SSSR count). The number of fused-ring (bicyclic) bond motifs is 2. The van der Waals surface area contributed by atoms with Crippen molar-refractivity contribution in [1.29, 1.82) is 0 Å². The smallest absolute Gasteiger partial charge is 0.433 e. The van der Waals surface area contributed by atoms with Crippen molar-refractivity contribution in [3.05, 3.63) is 53.3 Å². The summed E-state index contributed by atoms with van der Waals surface area (Å²) in [7, 11) is 0. The summed E-state index contributed by atoms with van der Waals surface area (Å²) in [6.07, 6.45) is 1.96. The van der Waals surface area contributed by atoms with Crippen LogP contribution >= 0.6 is 0 Å². The van der Waals surface area contributed by atoms with Crippen LogP contribution in [0.25, 0.3) is 16.9 Å². The number of aromatic nitrogens is 3. The molecule has 180 valence electrons. The van der Waals surface area contributed by atoms with Gasteiger partial charge in [0.05, 0.1) is 18.5 Å². The first kappa shape index (κ1) is 22.8. The number of benzene rings is 1. The van der Waals surface area contributed by atoms with Crippen LogP contribution in [-0.2, 0) is 10.9 Å². The second-order valence-corrected chi connectivity index (χ2v) is 9.28. The summed E-state index contributed by atoms with van der Waals surface area (Å²) < 4.78 is 47.8. The molecule has 2 fully saturated rings. The molecule has 2 aliphatic heterocycles. The number of piperidine rings is 2. The van der Waals surface area contributed by atoms with Crippen LogP contribution in [0.5, 0.6) is 0 Å². The number of carbonyl (C=O) groups is 1. The highest BCUT2D eigenvalue weighted by molar-refractivity contribution is 5.96. The summed E-state index contributed by atoms with van der Waals surface area (Å²) >= 11 is 0. The maximum absolute atomic E-state index is 13.8. The van der Waals surface area contributed by atoms with Gasteiger partial charge in [-0.2, -0.15) is 18.3 Å². The van der Waals surface area contributed by atoms with Crippen molar-refractivity contribution < 1.29 is 22.7 Å². The molecule has 6 nitrogen and oxygen atoms in total. The van der Waals surface area contributed by atoms with Gasteiger partial charge in [-0.25, -0.2) is 14.3 Å². The Hall–Kier alpha value is -2.94. The minimum atomic E-state index is -4.67. The van der Waals surface area contributed by atoms with E-state index in [9.17, 15) is 18.0 Å². The highest BCUT2D eigenvalue weighted by Gasteiger charge is 2.37. The van der Waals surface area contributed by atoms with Crippen molar-refractivity contribution in [1.82, 2.24) is 19.5 Å². The minimum Gasteiger partial charge on any atom is -0.462 e. The van der Waals surface area contributed by atoms with Gasteiger partial charge in [0.1, 0.15) is 5.56 Å². The van der Waals surface area contributed by atoms with Crippen molar-refractivity contribution in [2.45, 2.75) is 51.2 Å². The third kappa shape index (κ3) is 4.41. The number of ether oxygens (including phenoxy) is 1. The summed E-state index contributed by atoms with van der Waals surface area (Å²) in [5, 5.41) is 3.84. The van der Waals surface area contributed by atoms with Crippen molar-refractivity contribution in [2.24, 2.45) is 5.92 Å². The Morgan fingerprint density at radius 2 is 1.88 bits per heavy atom. The molecule has 2 aliphatic rings. The van der Waals surface area contributed by atoms with Gasteiger partial charge in [-0.1, -0.05) is 36.2 Å². The molecule has 0 radical (unpaired) electrons. The fraction of sp³-hybridized carbons (Fsp3) is 0.480. The predicted molar refractivity (Wildman–Crippen MR) is 120 cm³/mol. The number of aryl methyl sites for hydroxylation is 1. The molecule has 0 amide bonds. The molecule has 2 aromatic heterocycles. The number of rotatable bonds is 4. The number of hydrogen-bond acceptors (Lipinski definition) is 5. The number of halogens is 3. The van der Waals surface area contributed by atoms with Crippen LogP contribution in [0.2, 0.25) is 0 Å². The van der Waals surface area contributed by atoms with Gasteiger partial charge < -0.3 is 4.74 Å². The van der Waals surface area contributed by atoms with Gasteiger partial charge in [-0.05, 0) is 51.8 Å². The van der Waals surface area contributed by atoms with Gasteiger partial charge in [0.2, 0.25) is 0 Å².